The van der Waals surface area contributed by atoms with Gasteiger partial charge in [0, 0.05) is 44.8 Å². The van der Waals surface area contributed by atoms with Crippen molar-refractivity contribution in [3.63, 3.8) is 0 Å². The van der Waals surface area contributed by atoms with Gasteiger partial charge in [-0.25, -0.2) is 4.98 Å². The van der Waals surface area contributed by atoms with Gasteiger partial charge in [-0.1, -0.05) is 126 Å². The van der Waals surface area contributed by atoms with Gasteiger partial charge in [-0.3, -0.25) is 9.55 Å². The third-order valence-electron chi connectivity index (χ3n) is 10.9. The highest BCUT2D eigenvalue weighted by Gasteiger charge is 2.29. The summed E-state index contributed by atoms with van der Waals surface area (Å²) in [5.41, 5.74) is 12.1. The maximum Gasteiger partial charge on any atom is 0.149 e. The molecule has 0 fully saturated rings. The maximum absolute atomic E-state index is 12.4. The Morgan fingerprint density at radius 3 is 2.16 bits per heavy atom. The Morgan fingerprint density at radius 2 is 1.39 bits per heavy atom. The quantitative estimate of drug-likeness (QED) is 0.190. The molecule has 278 valence electrons. The first kappa shape index (κ1) is 35.7. The van der Waals surface area contributed by atoms with E-state index in [-0.39, 0.29) is 16.6 Å². The molecule has 57 heavy (non-hydrogen) atoms. The van der Waals surface area contributed by atoms with Crippen LogP contribution in [-0.2, 0) is 10.8 Å². The second-order valence-electron chi connectivity index (χ2n) is 16.8. The Morgan fingerprint density at radius 1 is 0.649 bits per heavy atom. The topological polar surface area (TPSA) is 87.9 Å². The highest BCUT2D eigenvalue weighted by molar-refractivity contribution is 6.13. The fourth-order valence-electron chi connectivity index (χ4n) is 7.91. The van der Waals surface area contributed by atoms with E-state index in [1.165, 1.54) is 0 Å². The molecule has 0 saturated heterocycles. The summed E-state index contributed by atoms with van der Waals surface area (Å²) in [7, 11) is 0. The normalized spacial score (nSPS) is 12.1. The largest absolute Gasteiger partial charge is 0.507 e. The van der Waals surface area contributed by atoms with E-state index in [0.29, 0.717) is 22.6 Å². The van der Waals surface area contributed by atoms with Crippen LogP contribution in [0, 0.1) is 11.3 Å². The number of phenols is 1. The van der Waals surface area contributed by atoms with Crippen LogP contribution in [0.15, 0.2) is 144 Å². The zero-order chi connectivity index (χ0) is 39.6. The number of pyridine rings is 1. The Hall–Kier alpha value is -6.97. The predicted molar refractivity (Wildman–Crippen MR) is 232 cm³/mol. The van der Waals surface area contributed by atoms with Gasteiger partial charge >= 0.3 is 0 Å². The number of rotatable bonds is 5. The molecule has 9 rings (SSSR count). The van der Waals surface area contributed by atoms with Crippen molar-refractivity contribution in [3.05, 3.63) is 156 Å². The molecule has 9 aromatic rings. The summed E-state index contributed by atoms with van der Waals surface area (Å²) >= 11 is 0. The number of hydrogen-bond donors (Lipinski definition) is 1. The van der Waals surface area contributed by atoms with E-state index < -0.39 is 0 Å². The van der Waals surface area contributed by atoms with Gasteiger partial charge in [-0.05, 0) is 70.5 Å². The lowest BCUT2D eigenvalue weighted by Crippen LogP contribution is -2.17. The first-order valence-electron chi connectivity index (χ1n) is 19.3. The van der Waals surface area contributed by atoms with Gasteiger partial charge in [-0.2, -0.15) is 5.26 Å². The van der Waals surface area contributed by atoms with Gasteiger partial charge in [0.15, 0.2) is 0 Å². The smallest absolute Gasteiger partial charge is 0.149 e. The van der Waals surface area contributed by atoms with Crippen molar-refractivity contribution in [1.82, 2.24) is 14.5 Å². The summed E-state index contributed by atoms with van der Waals surface area (Å²) in [5, 5.41) is 24.1. The standard InChI is InChI=1S/C51H42N4O2/c1-50(2,3)34-28-40(47(56)41(29-34)51(4,5)6)49-54-46-37(19-14-21-44(46)55(49)43-20-12-10-17-35(43)32-15-8-7-9-16-32)39-27-33(42-25-31(30-52)23-24-53-42)26-38-36-18-11-13-22-45(36)57-48(38)39/h7-29,56H,1-6H3. The van der Waals surface area contributed by atoms with E-state index in [2.05, 4.69) is 149 Å². The number of aromatic hydroxyl groups is 1. The average Bonchev–Trinajstić information content (AvgIpc) is 3.79. The Labute approximate surface area is 332 Å². The van der Waals surface area contributed by atoms with Crippen LogP contribution in [0.4, 0.5) is 0 Å². The van der Waals surface area contributed by atoms with Crippen LogP contribution >= 0.6 is 0 Å². The number of hydrogen-bond acceptors (Lipinski definition) is 5. The van der Waals surface area contributed by atoms with Crippen LogP contribution in [0.3, 0.4) is 0 Å². The second-order valence-corrected chi connectivity index (χ2v) is 16.8. The Bertz CT molecular complexity index is 3060. The molecule has 1 N–H and O–H groups in total. The number of aromatic nitrogens is 3. The van der Waals surface area contributed by atoms with Crippen LogP contribution in [0.5, 0.6) is 5.75 Å². The third-order valence-corrected chi connectivity index (χ3v) is 10.9. The van der Waals surface area contributed by atoms with Gasteiger partial charge in [0.05, 0.1) is 39.6 Å². The van der Waals surface area contributed by atoms with Crippen molar-refractivity contribution in [3.8, 4) is 62.4 Å². The maximum atomic E-state index is 12.4. The van der Waals surface area contributed by atoms with Gasteiger partial charge in [-0.15, -0.1) is 0 Å². The zero-order valence-corrected chi connectivity index (χ0v) is 32.9. The molecule has 0 saturated carbocycles. The first-order valence-corrected chi connectivity index (χ1v) is 19.3. The van der Waals surface area contributed by atoms with Crippen LogP contribution in [0.25, 0.3) is 83.6 Å². The molecular formula is C51H42N4O2. The Kier molecular flexibility index (Phi) is 8.37. The second kappa shape index (κ2) is 13.4. The van der Waals surface area contributed by atoms with Crippen LogP contribution in [0.1, 0.15) is 58.2 Å². The van der Waals surface area contributed by atoms with Crippen LogP contribution in [-0.4, -0.2) is 19.6 Å². The average molecular weight is 743 g/mol. The fraction of sp³-hybridized carbons (Fsp3) is 0.157. The minimum atomic E-state index is -0.339. The van der Waals surface area contributed by atoms with Crippen molar-refractivity contribution < 1.29 is 9.52 Å². The van der Waals surface area contributed by atoms with Crippen molar-refractivity contribution in [1.29, 1.82) is 5.26 Å². The molecule has 0 unspecified atom stereocenters. The van der Waals surface area contributed by atoms with Crippen LogP contribution in [0.2, 0.25) is 0 Å². The van der Waals surface area contributed by atoms with Gasteiger partial charge in [0.1, 0.15) is 22.7 Å². The third kappa shape index (κ3) is 6.13. The number of furan rings is 1. The van der Waals surface area contributed by atoms with Gasteiger partial charge in [0.25, 0.3) is 0 Å². The lowest BCUT2D eigenvalue weighted by Gasteiger charge is -2.27. The number of imidazole rings is 1. The van der Waals surface area contributed by atoms with Gasteiger partial charge in [0.2, 0.25) is 0 Å². The van der Waals surface area contributed by atoms with E-state index in [1.54, 1.807) is 12.3 Å². The summed E-state index contributed by atoms with van der Waals surface area (Å²) in [6.45, 7) is 13.0. The minimum Gasteiger partial charge on any atom is -0.507 e. The SMILES string of the molecule is CC(C)(C)c1cc(-c2nc3c(-c4cc(-c5cc(C#N)ccn5)cc5c4oc4ccccc45)cccc3n2-c2ccccc2-c2ccccc2)c(O)c(C(C)(C)C)c1. The van der Waals surface area contributed by atoms with Crippen molar-refractivity contribution in [2.45, 2.75) is 52.4 Å². The molecule has 6 aromatic carbocycles. The number of fused-ring (bicyclic) bond motifs is 4. The van der Waals surface area contributed by atoms with E-state index in [4.69, 9.17) is 14.4 Å². The summed E-state index contributed by atoms with van der Waals surface area (Å²) in [6, 6.07) is 47.3. The number of phenolic OH excluding ortho intramolecular Hbond substituents is 1. The first-order chi connectivity index (χ1) is 27.4. The number of para-hydroxylation sites is 3. The zero-order valence-electron chi connectivity index (χ0n) is 32.9. The van der Waals surface area contributed by atoms with E-state index in [0.717, 1.165) is 77.6 Å². The molecule has 3 aromatic heterocycles. The highest BCUT2D eigenvalue weighted by atomic mass is 16.3. The minimum absolute atomic E-state index is 0.198. The molecule has 6 nitrogen and oxygen atoms in total. The number of nitrogens with zero attached hydrogens (tertiary/aromatic N) is 4. The van der Waals surface area contributed by atoms with Crippen LogP contribution < -0.4 is 0 Å². The highest BCUT2D eigenvalue weighted by Crippen LogP contribution is 2.47. The lowest BCUT2D eigenvalue weighted by atomic mass is 9.79. The Balaban J connectivity index is 1.42. The van der Waals surface area contributed by atoms with E-state index >= 15 is 0 Å². The fourth-order valence-corrected chi connectivity index (χ4v) is 7.91. The molecule has 0 radical (unpaired) electrons. The molecule has 0 atom stereocenters. The molecule has 0 aliphatic heterocycles. The molecule has 0 bridgehead atoms. The molecule has 3 heterocycles. The number of nitriles is 1. The monoisotopic (exact) mass is 742 g/mol. The van der Waals surface area contributed by atoms with E-state index in [9.17, 15) is 10.4 Å². The molecule has 6 heteroatoms. The molecule has 0 aliphatic carbocycles. The molecule has 0 amide bonds. The molecule has 0 spiro atoms. The van der Waals surface area contributed by atoms with Crippen molar-refractivity contribution in [2.75, 3.05) is 0 Å². The summed E-state index contributed by atoms with van der Waals surface area (Å²) in [6.07, 6.45) is 1.67. The summed E-state index contributed by atoms with van der Waals surface area (Å²) < 4.78 is 8.89. The number of benzene rings is 6. The lowest BCUT2D eigenvalue weighted by molar-refractivity contribution is 0.446. The predicted octanol–water partition coefficient (Wildman–Crippen LogP) is 13.2. The summed E-state index contributed by atoms with van der Waals surface area (Å²) in [4.78, 5) is 10.3. The van der Waals surface area contributed by atoms with Crippen molar-refractivity contribution >= 4 is 33.0 Å². The molecular weight excluding hydrogens is 701 g/mol. The van der Waals surface area contributed by atoms with E-state index in [1.807, 2.05) is 30.3 Å². The molecule has 0 aliphatic rings. The van der Waals surface area contributed by atoms with Crippen molar-refractivity contribution in [2.24, 2.45) is 0 Å². The van der Waals surface area contributed by atoms with Gasteiger partial charge < -0.3 is 9.52 Å². The summed E-state index contributed by atoms with van der Waals surface area (Å²) in [5.74, 6) is 0.853.